The number of unbranched alkanes of at least 4 members (excludes halogenated alkanes) is 1. The lowest BCUT2D eigenvalue weighted by molar-refractivity contribution is -0.125. The second-order valence-electron chi connectivity index (χ2n) is 12.2. The summed E-state index contributed by atoms with van der Waals surface area (Å²) in [5.74, 6) is -0.180. The first kappa shape index (κ1) is 33.2. The number of hydrogen-bond acceptors (Lipinski definition) is 7. The molecule has 2 amide bonds. The van der Waals surface area contributed by atoms with E-state index < -0.39 is 10.0 Å². The van der Waals surface area contributed by atoms with Gasteiger partial charge in [0.05, 0.1) is 29.4 Å². The average Bonchev–Trinajstić information content (AvgIpc) is 3.83. The molecule has 2 aromatic carbocycles. The maximum absolute atomic E-state index is 13.2. The van der Waals surface area contributed by atoms with E-state index in [4.69, 9.17) is 4.42 Å². The molecule has 2 aromatic heterocycles. The Bertz CT molecular complexity index is 1780. The number of aliphatic hydroxyl groups excluding tert-OH is 1. The Balaban J connectivity index is 1.24. The summed E-state index contributed by atoms with van der Waals surface area (Å²) in [5, 5.41) is 15.9. The molecule has 0 spiro atoms. The van der Waals surface area contributed by atoms with E-state index in [9.17, 15) is 23.1 Å². The molecule has 244 valence electrons. The van der Waals surface area contributed by atoms with Crippen LogP contribution in [0.1, 0.15) is 72.0 Å². The van der Waals surface area contributed by atoms with Crippen molar-refractivity contribution in [3.63, 3.8) is 0 Å². The summed E-state index contributed by atoms with van der Waals surface area (Å²) in [6.45, 7) is 3.61. The Hall–Kier alpha value is -4.22. The molecule has 4 N–H and O–H groups in total. The van der Waals surface area contributed by atoms with Crippen LogP contribution in [0.2, 0.25) is 0 Å². The van der Waals surface area contributed by atoms with Crippen LogP contribution in [0, 0.1) is 12.8 Å². The quantitative estimate of drug-likeness (QED) is 0.128. The van der Waals surface area contributed by atoms with E-state index in [0.29, 0.717) is 42.4 Å². The molecule has 1 fully saturated rings. The first-order valence-electron chi connectivity index (χ1n) is 15.8. The molecule has 0 aliphatic heterocycles. The standard InChI is InChI=1S/C35H42N4O6S/c1-22-12-14-26(15-13-22)31-30(34(42)36-3)29-20-28(25-16-17-25)32(38-35(29)45-31)39-46(43,44)18-8-7-9-23(2)33(41)37-27(21-40)19-24-10-5-4-6-11-24/h4-6,10-15,20,23,25,27,40H,7-9,16-19,21H2,1-3H3,(H,36,42)(H,37,41)(H,38,39)/t23-,27-/m1/s1. The number of pyridine rings is 1. The Kier molecular flexibility index (Phi) is 10.4. The SMILES string of the molecule is CNC(=O)c1c(-c2ccc(C)cc2)oc2nc(NS(=O)(=O)CCCC[C@@H](C)C(=O)N[C@@H](CO)Cc3ccccc3)c(C3CC3)cc12. The topological polar surface area (TPSA) is 151 Å². The molecule has 0 unspecified atom stereocenters. The monoisotopic (exact) mass is 646 g/mol. The van der Waals surface area contributed by atoms with Crippen molar-refractivity contribution >= 4 is 38.8 Å². The zero-order valence-corrected chi connectivity index (χ0v) is 27.3. The summed E-state index contributed by atoms with van der Waals surface area (Å²) in [6, 6.07) is 18.7. The summed E-state index contributed by atoms with van der Waals surface area (Å²) in [6.07, 6.45) is 3.75. The fourth-order valence-electron chi connectivity index (χ4n) is 5.56. The van der Waals surface area contributed by atoms with Crippen molar-refractivity contribution in [1.82, 2.24) is 15.6 Å². The molecule has 1 aliphatic rings. The lowest BCUT2D eigenvalue weighted by Crippen LogP contribution is -2.41. The van der Waals surface area contributed by atoms with Crippen molar-refractivity contribution in [3.05, 3.63) is 82.9 Å². The van der Waals surface area contributed by atoms with Crippen LogP contribution in [-0.2, 0) is 21.2 Å². The number of sulfonamides is 1. The van der Waals surface area contributed by atoms with Crippen molar-refractivity contribution < 1.29 is 27.5 Å². The average molecular weight is 647 g/mol. The van der Waals surface area contributed by atoms with Gasteiger partial charge < -0.3 is 20.2 Å². The van der Waals surface area contributed by atoms with Gasteiger partial charge >= 0.3 is 0 Å². The second-order valence-corrected chi connectivity index (χ2v) is 14.0. The number of benzene rings is 2. The Morgan fingerprint density at radius 1 is 1.07 bits per heavy atom. The molecule has 0 bridgehead atoms. The second kappa shape index (κ2) is 14.5. The summed E-state index contributed by atoms with van der Waals surface area (Å²) >= 11 is 0. The van der Waals surface area contributed by atoms with Crippen LogP contribution < -0.4 is 15.4 Å². The molecule has 1 aliphatic carbocycles. The lowest BCUT2D eigenvalue weighted by atomic mass is 10.0. The number of carbonyl (C=O) groups is 2. The van der Waals surface area contributed by atoms with Crippen molar-refractivity contribution in [2.24, 2.45) is 5.92 Å². The molecule has 11 heteroatoms. The van der Waals surface area contributed by atoms with E-state index in [2.05, 4.69) is 20.3 Å². The number of anilines is 1. The van der Waals surface area contributed by atoms with Gasteiger partial charge in [-0.2, -0.15) is 4.98 Å². The number of furan rings is 1. The number of aromatic nitrogens is 1. The minimum absolute atomic E-state index is 0.130. The number of rotatable bonds is 15. The molecular formula is C35H42N4O6S. The van der Waals surface area contributed by atoms with Crippen LogP contribution in [0.5, 0.6) is 0 Å². The molecule has 4 aromatic rings. The van der Waals surface area contributed by atoms with E-state index in [-0.39, 0.29) is 53.6 Å². The summed E-state index contributed by atoms with van der Waals surface area (Å²) in [4.78, 5) is 30.3. The molecule has 5 rings (SSSR count). The Morgan fingerprint density at radius 2 is 1.78 bits per heavy atom. The maximum atomic E-state index is 13.2. The number of hydrogen-bond donors (Lipinski definition) is 4. The minimum atomic E-state index is -3.76. The number of aryl methyl sites for hydroxylation is 1. The van der Waals surface area contributed by atoms with Gasteiger partial charge in [0.25, 0.3) is 5.91 Å². The number of nitrogens with zero attached hydrogens (tertiary/aromatic N) is 1. The van der Waals surface area contributed by atoms with Crippen molar-refractivity contribution in [2.75, 3.05) is 24.1 Å². The van der Waals surface area contributed by atoms with Crippen LogP contribution in [0.25, 0.3) is 22.4 Å². The molecule has 10 nitrogen and oxygen atoms in total. The normalized spacial score (nSPS) is 14.5. The fraction of sp³-hybridized carbons (Fsp3) is 0.400. The third-order valence-electron chi connectivity index (χ3n) is 8.39. The molecule has 2 atom stereocenters. The molecule has 1 saturated carbocycles. The Labute approximate surface area is 270 Å². The molecular weight excluding hydrogens is 604 g/mol. The highest BCUT2D eigenvalue weighted by molar-refractivity contribution is 7.92. The summed E-state index contributed by atoms with van der Waals surface area (Å²) < 4.78 is 35.2. The number of nitrogens with one attached hydrogen (secondary N) is 3. The zero-order valence-electron chi connectivity index (χ0n) is 26.5. The number of amides is 2. The van der Waals surface area contributed by atoms with E-state index in [0.717, 1.165) is 35.1 Å². The van der Waals surface area contributed by atoms with E-state index in [1.807, 2.05) is 67.6 Å². The van der Waals surface area contributed by atoms with Gasteiger partial charge in [0.1, 0.15) is 11.6 Å². The van der Waals surface area contributed by atoms with Gasteiger partial charge in [-0.1, -0.05) is 73.5 Å². The van der Waals surface area contributed by atoms with Crippen LogP contribution in [0.3, 0.4) is 0 Å². The molecule has 0 saturated heterocycles. The third-order valence-corrected chi connectivity index (χ3v) is 9.72. The summed E-state index contributed by atoms with van der Waals surface area (Å²) in [5.41, 5.74) is 4.12. The van der Waals surface area contributed by atoms with Gasteiger partial charge in [-0.15, -0.1) is 0 Å². The lowest BCUT2D eigenvalue weighted by Gasteiger charge is -2.19. The third kappa shape index (κ3) is 8.13. The molecule has 2 heterocycles. The highest BCUT2D eigenvalue weighted by Gasteiger charge is 2.32. The van der Waals surface area contributed by atoms with Gasteiger partial charge in [0.15, 0.2) is 0 Å². The van der Waals surface area contributed by atoms with Gasteiger partial charge in [0, 0.05) is 18.5 Å². The van der Waals surface area contributed by atoms with E-state index in [1.165, 1.54) is 0 Å². The van der Waals surface area contributed by atoms with Gasteiger partial charge in [-0.3, -0.25) is 14.3 Å². The van der Waals surface area contributed by atoms with Gasteiger partial charge in [-0.25, -0.2) is 8.42 Å². The Morgan fingerprint density at radius 3 is 2.43 bits per heavy atom. The van der Waals surface area contributed by atoms with Crippen LogP contribution in [-0.4, -0.2) is 55.8 Å². The maximum Gasteiger partial charge on any atom is 0.255 e. The van der Waals surface area contributed by atoms with Crippen LogP contribution in [0.4, 0.5) is 5.82 Å². The van der Waals surface area contributed by atoms with Gasteiger partial charge in [0.2, 0.25) is 21.6 Å². The molecule has 0 radical (unpaired) electrons. The minimum Gasteiger partial charge on any atom is -0.437 e. The van der Waals surface area contributed by atoms with Crippen molar-refractivity contribution in [2.45, 2.75) is 64.3 Å². The highest BCUT2D eigenvalue weighted by Crippen LogP contribution is 2.45. The molecule has 46 heavy (non-hydrogen) atoms. The first-order valence-corrected chi connectivity index (χ1v) is 17.5. The predicted molar refractivity (Wildman–Crippen MR) is 179 cm³/mol. The summed E-state index contributed by atoms with van der Waals surface area (Å²) in [7, 11) is -2.20. The highest BCUT2D eigenvalue weighted by atomic mass is 32.2. The smallest absolute Gasteiger partial charge is 0.255 e. The largest absolute Gasteiger partial charge is 0.437 e. The van der Waals surface area contributed by atoms with Crippen molar-refractivity contribution in [1.29, 1.82) is 0 Å². The van der Waals surface area contributed by atoms with E-state index in [1.54, 1.807) is 14.0 Å². The fourth-order valence-corrected chi connectivity index (χ4v) is 6.70. The van der Waals surface area contributed by atoms with E-state index >= 15 is 0 Å². The number of carbonyl (C=O) groups excluding carboxylic acids is 2. The zero-order chi connectivity index (χ0) is 32.8. The predicted octanol–water partition coefficient (Wildman–Crippen LogP) is 5.31. The number of fused-ring (bicyclic) bond motifs is 1. The number of aliphatic hydroxyl groups is 1. The van der Waals surface area contributed by atoms with Crippen LogP contribution in [0.15, 0.2) is 65.1 Å². The first-order chi connectivity index (χ1) is 22.1. The van der Waals surface area contributed by atoms with Gasteiger partial charge in [-0.05, 0) is 62.1 Å². The van der Waals surface area contributed by atoms with Crippen LogP contribution >= 0.6 is 0 Å². The van der Waals surface area contributed by atoms with Crippen molar-refractivity contribution in [3.8, 4) is 11.3 Å².